The molecule has 0 unspecified atom stereocenters. The lowest BCUT2D eigenvalue weighted by molar-refractivity contribution is -0.127. The van der Waals surface area contributed by atoms with Crippen molar-refractivity contribution in [3.63, 3.8) is 0 Å². The fraction of sp³-hybridized carbons (Fsp3) is 0.361. The molecule has 4 aromatic heterocycles. The lowest BCUT2D eigenvalue weighted by atomic mass is 9.95. The Morgan fingerprint density at radius 3 is 2.52 bits per heavy atom. The van der Waals surface area contributed by atoms with Crippen molar-refractivity contribution >= 4 is 27.8 Å². The standard InChI is InChI=1S/C36H40N8O2/c1-23(2)34-25(4)44(31-19-27-20-42(40-36(27)37-24(31)3)18-10-17-41-16-9-15-33(41)46)39-35(34)28-13-8-14-30-29(28)21-43(38-30)22-32(45)26-11-6-5-7-12-26/h5-8,11-14,19-21,23,32,45H,9-10,15-18,22H2,1-4H3/t32-/m0/s1. The number of hydrogen-bond acceptors (Lipinski definition) is 6. The number of carbonyl (C=O) groups excluding carboxylic acids is 1. The molecule has 7 rings (SSSR count). The van der Waals surface area contributed by atoms with Crippen LogP contribution in [0.25, 0.3) is 38.9 Å². The van der Waals surface area contributed by atoms with Crippen LogP contribution < -0.4 is 0 Å². The monoisotopic (exact) mass is 616 g/mol. The topological polar surface area (TPSA) is 107 Å². The van der Waals surface area contributed by atoms with Gasteiger partial charge in [-0.15, -0.1) is 0 Å². The highest BCUT2D eigenvalue weighted by Gasteiger charge is 2.24. The van der Waals surface area contributed by atoms with Gasteiger partial charge in [0, 0.05) is 66.0 Å². The van der Waals surface area contributed by atoms with E-state index < -0.39 is 6.10 Å². The van der Waals surface area contributed by atoms with Gasteiger partial charge in [-0.1, -0.05) is 56.3 Å². The molecule has 0 bridgehead atoms. The summed E-state index contributed by atoms with van der Waals surface area (Å²) in [6.45, 7) is 11.2. The molecule has 0 aliphatic carbocycles. The van der Waals surface area contributed by atoms with Crippen LogP contribution in [-0.2, 0) is 17.9 Å². The number of likely N-dealkylation sites (tertiary alicyclic amines) is 1. The molecule has 1 aliphatic rings. The van der Waals surface area contributed by atoms with Crippen molar-refractivity contribution in [1.82, 2.24) is 39.2 Å². The molecular weight excluding hydrogens is 576 g/mol. The van der Waals surface area contributed by atoms with Crippen LogP contribution in [0.2, 0.25) is 0 Å². The SMILES string of the molecule is Cc1nc2nn(CCCN3CCCC3=O)cc2cc1-n1nc(-c2cccc3nn(C[C@H](O)c4ccccc4)cc23)c(C(C)C)c1C. The van der Waals surface area contributed by atoms with Crippen LogP contribution in [0.1, 0.15) is 67.6 Å². The second kappa shape index (κ2) is 12.2. The van der Waals surface area contributed by atoms with Gasteiger partial charge < -0.3 is 10.0 Å². The Morgan fingerprint density at radius 1 is 0.935 bits per heavy atom. The smallest absolute Gasteiger partial charge is 0.222 e. The Morgan fingerprint density at radius 2 is 1.76 bits per heavy atom. The average Bonchev–Trinajstić information content (AvgIpc) is 3.82. The summed E-state index contributed by atoms with van der Waals surface area (Å²) in [6.07, 6.45) is 5.89. The van der Waals surface area contributed by atoms with E-state index in [0.717, 1.165) is 82.7 Å². The number of hydrogen-bond donors (Lipinski definition) is 1. The maximum atomic E-state index is 12.0. The van der Waals surface area contributed by atoms with Crippen molar-refractivity contribution in [2.24, 2.45) is 0 Å². The molecule has 2 aromatic carbocycles. The van der Waals surface area contributed by atoms with Crippen molar-refractivity contribution in [2.75, 3.05) is 13.1 Å². The Bertz CT molecular complexity index is 2040. The number of amides is 1. The van der Waals surface area contributed by atoms with Gasteiger partial charge in [-0.25, -0.2) is 9.67 Å². The zero-order valence-electron chi connectivity index (χ0n) is 26.9. The van der Waals surface area contributed by atoms with Crippen LogP contribution in [0.5, 0.6) is 0 Å². The first kappa shape index (κ1) is 29.9. The molecule has 1 atom stereocenters. The summed E-state index contributed by atoms with van der Waals surface area (Å²) in [5.41, 5.74) is 8.40. The van der Waals surface area contributed by atoms with Gasteiger partial charge in [0.2, 0.25) is 5.91 Å². The Kier molecular flexibility index (Phi) is 7.90. The average molecular weight is 617 g/mol. The zero-order valence-corrected chi connectivity index (χ0v) is 26.9. The highest BCUT2D eigenvalue weighted by Crippen LogP contribution is 2.37. The van der Waals surface area contributed by atoms with Gasteiger partial charge in [0.1, 0.15) is 0 Å². The number of aryl methyl sites for hydroxylation is 2. The van der Waals surface area contributed by atoms with Gasteiger partial charge in [-0.2, -0.15) is 15.3 Å². The van der Waals surface area contributed by atoms with Crippen LogP contribution in [0.3, 0.4) is 0 Å². The molecule has 46 heavy (non-hydrogen) atoms. The number of benzene rings is 2. The van der Waals surface area contributed by atoms with E-state index in [2.05, 4.69) is 32.9 Å². The first-order chi connectivity index (χ1) is 22.3. The summed E-state index contributed by atoms with van der Waals surface area (Å²) in [5.74, 6) is 0.491. The normalized spacial score (nSPS) is 14.4. The quantitative estimate of drug-likeness (QED) is 0.199. The number of carbonyl (C=O) groups is 1. The maximum absolute atomic E-state index is 12.0. The molecular formula is C36H40N8O2. The highest BCUT2D eigenvalue weighted by molar-refractivity contribution is 5.94. The molecule has 236 valence electrons. The van der Waals surface area contributed by atoms with Crippen molar-refractivity contribution in [3.8, 4) is 16.9 Å². The minimum Gasteiger partial charge on any atom is -0.386 e. The molecule has 1 aliphatic heterocycles. The third-order valence-electron chi connectivity index (χ3n) is 9.06. The maximum Gasteiger partial charge on any atom is 0.222 e. The number of aliphatic hydroxyl groups excluding tert-OH is 1. The molecule has 1 saturated heterocycles. The third-order valence-corrected chi connectivity index (χ3v) is 9.06. The number of pyridine rings is 1. The molecule has 10 nitrogen and oxygen atoms in total. The minimum atomic E-state index is -0.657. The van der Waals surface area contributed by atoms with E-state index in [1.807, 2.05) is 80.7 Å². The van der Waals surface area contributed by atoms with Crippen LogP contribution in [0.15, 0.2) is 67.0 Å². The second-order valence-corrected chi connectivity index (χ2v) is 12.7. The molecule has 10 heteroatoms. The van der Waals surface area contributed by atoms with E-state index in [0.29, 0.717) is 18.6 Å². The molecule has 0 spiro atoms. The van der Waals surface area contributed by atoms with Gasteiger partial charge in [0.05, 0.1) is 35.2 Å². The van der Waals surface area contributed by atoms with Crippen molar-refractivity contribution < 1.29 is 9.90 Å². The summed E-state index contributed by atoms with van der Waals surface area (Å²) in [4.78, 5) is 18.8. The molecule has 6 aromatic rings. The Labute approximate surface area is 268 Å². The van der Waals surface area contributed by atoms with Crippen molar-refractivity contribution in [1.29, 1.82) is 0 Å². The van der Waals surface area contributed by atoms with E-state index in [-0.39, 0.29) is 11.8 Å². The summed E-state index contributed by atoms with van der Waals surface area (Å²) in [6, 6.07) is 17.9. The predicted octanol–water partition coefficient (Wildman–Crippen LogP) is 6.12. The van der Waals surface area contributed by atoms with E-state index in [1.54, 1.807) is 0 Å². The number of aliphatic hydroxyl groups is 1. The van der Waals surface area contributed by atoms with Crippen molar-refractivity contribution in [2.45, 2.75) is 72.1 Å². The molecule has 0 radical (unpaired) electrons. The number of fused-ring (bicyclic) bond motifs is 2. The zero-order chi connectivity index (χ0) is 31.9. The van der Waals surface area contributed by atoms with E-state index >= 15 is 0 Å². The minimum absolute atomic E-state index is 0.233. The molecule has 1 fully saturated rings. The molecule has 5 heterocycles. The van der Waals surface area contributed by atoms with E-state index in [9.17, 15) is 9.90 Å². The first-order valence-electron chi connectivity index (χ1n) is 16.2. The van der Waals surface area contributed by atoms with E-state index in [1.165, 1.54) is 5.56 Å². The van der Waals surface area contributed by atoms with Crippen LogP contribution in [0.4, 0.5) is 0 Å². The summed E-state index contributed by atoms with van der Waals surface area (Å²) < 4.78 is 5.79. The van der Waals surface area contributed by atoms with Gasteiger partial charge in [-0.05, 0) is 50.3 Å². The Balaban J connectivity index is 1.21. The highest BCUT2D eigenvalue weighted by atomic mass is 16.3. The fourth-order valence-electron chi connectivity index (χ4n) is 6.77. The van der Waals surface area contributed by atoms with Gasteiger partial charge in [0.15, 0.2) is 5.65 Å². The third kappa shape index (κ3) is 5.58. The fourth-order valence-corrected chi connectivity index (χ4v) is 6.77. The number of rotatable bonds is 10. The lowest BCUT2D eigenvalue weighted by Gasteiger charge is -2.14. The molecule has 1 N–H and O–H groups in total. The number of aromatic nitrogens is 7. The van der Waals surface area contributed by atoms with Crippen LogP contribution in [-0.4, -0.2) is 63.3 Å². The van der Waals surface area contributed by atoms with E-state index in [4.69, 9.17) is 20.3 Å². The van der Waals surface area contributed by atoms with Crippen LogP contribution >= 0.6 is 0 Å². The van der Waals surface area contributed by atoms with Crippen LogP contribution in [0, 0.1) is 13.8 Å². The molecule has 1 amide bonds. The van der Waals surface area contributed by atoms with Crippen molar-refractivity contribution in [3.05, 3.63) is 89.5 Å². The second-order valence-electron chi connectivity index (χ2n) is 12.7. The van der Waals surface area contributed by atoms with Gasteiger partial charge in [0.25, 0.3) is 0 Å². The first-order valence-corrected chi connectivity index (χ1v) is 16.2. The summed E-state index contributed by atoms with van der Waals surface area (Å²) in [7, 11) is 0. The predicted molar refractivity (Wildman–Crippen MR) is 179 cm³/mol. The number of nitrogens with zero attached hydrogens (tertiary/aromatic N) is 8. The van der Waals surface area contributed by atoms with Gasteiger partial charge in [-0.3, -0.25) is 14.2 Å². The summed E-state index contributed by atoms with van der Waals surface area (Å²) in [5, 5.41) is 27.6. The van der Waals surface area contributed by atoms with Gasteiger partial charge >= 0.3 is 0 Å². The lowest BCUT2D eigenvalue weighted by Crippen LogP contribution is -2.26. The molecule has 0 saturated carbocycles. The Hall–Kier alpha value is -4.83. The largest absolute Gasteiger partial charge is 0.386 e. The summed E-state index contributed by atoms with van der Waals surface area (Å²) >= 11 is 0.